The summed E-state index contributed by atoms with van der Waals surface area (Å²) in [6.07, 6.45) is 2.04. The Labute approximate surface area is 121 Å². The molecule has 0 saturated carbocycles. The summed E-state index contributed by atoms with van der Waals surface area (Å²) >= 11 is 0. The minimum absolute atomic E-state index is 0. The van der Waals surface area contributed by atoms with E-state index in [1.54, 1.807) is 0 Å². The van der Waals surface area contributed by atoms with Gasteiger partial charge in [-0.25, -0.2) is 0 Å². The molecule has 5 nitrogen and oxygen atoms in total. The van der Waals surface area contributed by atoms with E-state index in [2.05, 4.69) is 19.2 Å². The number of carbonyl (C=O) groups is 2. The van der Waals surface area contributed by atoms with Crippen molar-refractivity contribution in [3.8, 4) is 0 Å². The van der Waals surface area contributed by atoms with Gasteiger partial charge < -0.3 is 16.0 Å². The van der Waals surface area contributed by atoms with Crippen molar-refractivity contribution in [1.29, 1.82) is 0 Å². The highest BCUT2D eigenvalue weighted by atomic mass is 35.5. The number of nitrogens with two attached hydrogens (primary N) is 1. The van der Waals surface area contributed by atoms with E-state index in [9.17, 15) is 9.59 Å². The number of carbonyl (C=O) groups excluding carboxylic acids is 2. The molecule has 0 bridgehead atoms. The topological polar surface area (TPSA) is 75.4 Å². The first-order valence-electron chi connectivity index (χ1n) is 6.59. The number of rotatable bonds is 4. The molecule has 0 aromatic carbocycles. The van der Waals surface area contributed by atoms with Gasteiger partial charge in [0.2, 0.25) is 11.8 Å². The number of halogens is 1. The molecule has 0 spiro atoms. The molecule has 1 heterocycles. The summed E-state index contributed by atoms with van der Waals surface area (Å²) < 4.78 is 0. The molecule has 1 atom stereocenters. The third-order valence-corrected chi connectivity index (χ3v) is 3.64. The fourth-order valence-electron chi connectivity index (χ4n) is 2.25. The van der Waals surface area contributed by atoms with Crippen LogP contribution in [0.4, 0.5) is 0 Å². The van der Waals surface area contributed by atoms with Crippen LogP contribution in [-0.4, -0.2) is 41.4 Å². The van der Waals surface area contributed by atoms with Gasteiger partial charge in [0.25, 0.3) is 0 Å². The van der Waals surface area contributed by atoms with Gasteiger partial charge in [-0.3, -0.25) is 9.59 Å². The van der Waals surface area contributed by atoms with Crippen molar-refractivity contribution in [3.05, 3.63) is 0 Å². The Bertz CT molecular complexity index is 332. The molecule has 6 heteroatoms. The summed E-state index contributed by atoms with van der Waals surface area (Å²) in [6, 6.07) is -0.551. The van der Waals surface area contributed by atoms with Crippen molar-refractivity contribution in [2.45, 2.75) is 52.1 Å². The molecular formula is C13H26ClN3O2. The lowest BCUT2D eigenvalue weighted by molar-refractivity contribution is -0.135. The third-order valence-electron chi connectivity index (χ3n) is 3.64. The SMILES string of the molecule is CC(C)[C@H](N)C(=O)NCC(=O)N1CCCC1(C)C.Cl. The second kappa shape index (κ2) is 7.10. The zero-order chi connectivity index (χ0) is 13.9. The van der Waals surface area contributed by atoms with Crippen molar-refractivity contribution >= 4 is 24.2 Å². The summed E-state index contributed by atoms with van der Waals surface area (Å²) in [5.74, 6) is -0.208. The molecule has 0 aliphatic carbocycles. The smallest absolute Gasteiger partial charge is 0.242 e. The molecule has 1 rings (SSSR count). The average Bonchev–Trinajstić information content (AvgIpc) is 2.64. The van der Waals surface area contributed by atoms with Crippen molar-refractivity contribution in [2.24, 2.45) is 11.7 Å². The Hall–Kier alpha value is -0.810. The molecule has 0 radical (unpaired) electrons. The van der Waals surface area contributed by atoms with E-state index in [1.165, 1.54) is 0 Å². The van der Waals surface area contributed by atoms with Gasteiger partial charge in [-0.05, 0) is 32.6 Å². The summed E-state index contributed by atoms with van der Waals surface area (Å²) in [5.41, 5.74) is 5.62. The molecule has 1 aliphatic rings. The number of nitrogens with zero attached hydrogens (tertiary/aromatic N) is 1. The van der Waals surface area contributed by atoms with E-state index in [0.29, 0.717) is 0 Å². The maximum absolute atomic E-state index is 12.0. The van der Waals surface area contributed by atoms with Crippen molar-refractivity contribution in [2.75, 3.05) is 13.1 Å². The predicted molar refractivity (Wildman–Crippen MR) is 78.1 cm³/mol. The van der Waals surface area contributed by atoms with Crippen LogP contribution in [0, 0.1) is 5.92 Å². The van der Waals surface area contributed by atoms with Crippen LogP contribution in [0.2, 0.25) is 0 Å². The van der Waals surface area contributed by atoms with Gasteiger partial charge in [0.15, 0.2) is 0 Å². The van der Waals surface area contributed by atoms with E-state index in [4.69, 9.17) is 5.73 Å². The summed E-state index contributed by atoms with van der Waals surface area (Å²) in [4.78, 5) is 25.5. The van der Waals surface area contributed by atoms with E-state index in [1.807, 2.05) is 18.7 Å². The Kier molecular flexibility index (Phi) is 6.80. The summed E-state index contributed by atoms with van der Waals surface area (Å²) in [5, 5.41) is 2.62. The number of hydrogen-bond acceptors (Lipinski definition) is 3. The highest BCUT2D eigenvalue weighted by Crippen LogP contribution is 2.27. The highest BCUT2D eigenvalue weighted by molar-refractivity contribution is 5.87. The number of likely N-dealkylation sites (tertiary alicyclic amines) is 1. The molecule has 19 heavy (non-hydrogen) atoms. The first-order chi connectivity index (χ1) is 8.25. The van der Waals surface area contributed by atoms with Gasteiger partial charge in [-0.1, -0.05) is 13.8 Å². The van der Waals surface area contributed by atoms with E-state index in [-0.39, 0.29) is 42.2 Å². The maximum atomic E-state index is 12.0. The summed E-state index contributed by atoms with van der Waals surface area (Å²) in [7, 11) is 0. The van der Waals surface area contributed by atoms with Crippen molar-refractivity contribution < 1.29 is 9.59 Å². The second-order valence-electron chi connectivity index (χ2n) is 5.95. The fourth-order valence-corrected chi connectivity index (χ4v) is 2.25. The zero-order valence-electron chi connectivity index (χ0n) is 12.2. The third kappa shape index (κ3) is 4.66. The number of hydrogen-bond donors (Lipinski definition) is 2. The molecule has 0 aromatic heterocycles. The molecule has 112 valence electrons. The van der Waals surface area contributed by atoms with Crippen LogP contribution in [0.5, 0.6) is 0 Å². The van der Waals surface area contributed by atoms with Crippen molar-refractivity contribution in [1.82, 2.24) is 10.2 Å². The standard InChI is InChI=1S/C13H25N3O2.ClH/c1-9(2)11(14)12(18)15-8-10(17)16-7-5-6-13(16,3)4;/h9,11H,5-8,14H2,1-4H3,(H,15,18);1H/t11-;/m0./s1. The van der Waals surface area contributed by atoms with Gasteiger partial charge in [0.1, 0.15) is 0 Å². The Balaban J connectivity index is 0.00000324. The minimum atomic E-state index is -0.551. The molecule has 0 unspecified atom stereocenters. The summed E-state index contributed by atoms with van der Waals surface area (Å²) in [6.45, 7) is 8.70. The van der Waals surface area contributed by atoms with E-state index in [0.717, 1.165) is 19.4 Å². The van der Waals surface area contributed by atoms with Crippen LogP contribution in [0.1, 0.15) is 40.5 Å². The van der Waals surface area contributed by atoms with Crippen LogP contribution in [0.3, 0.4) is 0 Å². The lowest BCUT2D eigenvalue weighted by atomic mass is 10.0. The van der Waals surface area contributed by atoms with Gasteiger partial charge in [0.05, 0.1) is 12.6 Å². The lowest BCUT2D eigenvalue weighted by Crippen LogP contribution is -2.50. The molecule has 0 aromatic rings. The van der Waals surface area contributed by atoms with Gasteiger partial charge in [-0.15, -0.1) is 12.4 Å². The molecule has 3 N–H and O–H groups in total. The normalized spacial score (nSPS) is 18.9. The van der Waals surface area contributed by atoms with Gasteiger partial charge in [-0.2, -0.15) is 0 Å². The minimum Gasteiger partial charge on any atom is -0.346 e. The largest absolute Gasteiger partial charge is 0.346 e. The molecular weight excluding hydrogens is 266 g/mol. The van der Waals surface area contributed by atoms with Crippen molar-refractivity contribution in [3.63, 3.8) is 0 Å². The van der Waals surface area contributed by atoms with Crippen LogP contribution >= 0.6 is 12.4 Å². The Morgan fingerprint density at radius 2 is 1.95 bits per heavy atom. The monoisotopic (exact) mass is 291 g/mol. The highest BCUT2D eigenvalue weighted by Gasteiger charge is 2.35. The molecule has 1 fully saturated rings. The Morgan fingerprint density at radius 3 is 2.37 bits per heavy atom. The molecule has 1 saturated heterocycles. The lowest BCUT2D eigenvalue weighted by Gasteiger charge is -2.31. The fraction of sp³-hybridized carbons (Fsp3) is 0.846. The molecule has 1 aliphatic heterocycles. The number of nitrogens with one attached hydrogen (secondary N) is 1. The maximum Gasteiger partial charge on any atom is 0.242 e. The quantitative estimate of drug-likeness (QED) is 0.808. The van der Waals surface area contributed by atoms with Crippen LogP contribution in [-0.2, 0) is 9.59 Å². The van der Waals surface area contributed by atoms with E-state index < -0.39 is 6.04 Å². The predicted octanol–water partition coefficient (Wildman–Crippen LogP) is 0.909. The first-order valence-corrected chi connectivity index (χ1v) is 6.59. The first kappa shape index (κ1) is 18.2. The second-order valence-corrected chi connectivity index (χ2v) is 5.95. The van der Waals surface area contributed by atoms with Crippen LogP contribution in [0.15, 0.2) is 0 Å². The van der Waals surface area contributed by atoms with E-state index >= 15 is 0 Å². The zero-order valence-corrected chi connectivity index (χ0v) is 13.0. The molecule has 2 amide bonds. The Morgan fingerprint density at radius 1 is 1.37 bits per heavy atom. The van der Waals surface area contributed by atoms with Gasteiger partial charge >= 0.3 is 0 Å². The average molecular weight is 292 g/mol. The van der Waals surface area contributed by atoms with Crippen LogP contribution < -0.4 is 11.1 Å². The van der Waals surface area contributed by atoms with Gasteiger partial charge in [0, 0.05) is 12.1 Å². The number of amides is 2. The van der Waals surface area contributed by atoms with Crippen LogP contribution in [0.25, 0.3) is 0 Å².